The van der Waals surface area contributed by atoms with Crippen LogP contribution in [-0.4, -0.2) is 32.3 Å². The summed E-state index contributed by atoms with van der Waals surface area (Å²) in [7, 11) is 1.60. The van der Waals surface area contributed by atoms with Crippen LogP contribution < -0.4 is 10.3 Å². The first-order valence-electron chi connectivity index (χ1n) is 5.23. The zero-order chi connectivity index (χ0) is 12.5. The minimum absolute atomic E-state index is 0.306. The number of methoxy groups -OCH3 is 1. The third-order valence-electron chi connectivity index (χ3n) is 2.60. The fraction of sp³-hybridized carbons (Fsp3) is 0.0909. The number of benzene rings is 1. The topological polar surface area (TPSA) is 85.7 Å². The van der Waals surface area contributed by atoms with Crippen LogP contribution in [-0.2, 0) is 0 Å². The Bertz CT molecular complexity index is 744. The van der Waals surface area contributed by atoms with E-state index in [0.29, 0.717) is 11.0 Å². The van der Waals surface area contributed by atoms with E-state index in [4.69, 9.17) is 4.74 Å². The quantitative estimate of drug-likeness (QED) is 0.708. The first kappa shape index (κ1) is 10.5. The molecule has 3 aromatic rings. The zero-order valence-electron chi connectivity index (χ0n) is 9.49. The summed E-state index contributed by atoms with van der Waals surface area (Å²) in [5, 5.41) is 14.2. The summed E-state index contributed by atoms with van der Waals surface area (Å²) in [6, 6.07) is 7.27. The average molecular weight is 243 g/mol. The van der Waals surface area contributed by atoms with E-state index in [1.807, 2.05) is 24.3 Å². The molecule has 1 aromatic carbocycles. The van der Waals surface area contributed by atoms with Crippen LogP contribution >= 0.6 is 0 Å². The molecule has 0 saturated heterocycles. The van der Waals surface area contributed by atoms with Gasteiger partial charge >= 0.3 is 0 Å². The Balaban J connectivity index is 2.19. The number of aromatic nitrogens is 5. The van der Waals surface area contributed by atoms with Gasteiger partial charge < -0.3 is 4.74 Å². The van der Waals surface area contributed by atoms with Gasteiger partial charge in [-0.05, 0) is 24.3 Å². The first-order chi connectivity index (χ1) is 8.79. The van der Waals surface area contributed by atoms with Crippen LogP contribution in [0.4, 0.5) is 0 Å². The Morgan fingerprint density at radius 1 is 1.28 bits per heavy atom. The predicted octanol–water partition coefficient (Wildman–Crippen LogP) is 0.512. The summed E-state index contributed by atoms with van der Waals surface area (Å²) in [5.41, 5.74) is 0.898. The summed E-state index contributed by atoms with van der Waals surface area (Å²) in [6.45, 7) is 0. The highest BCUT2D eigenvalue weighted by Crippen LogP contribution is 2.16. The lowest BCUT2D eigenvalue weighted by Crippen LogP contribution is -2.10. The van der Waals surface area contributed by atoms with Gasteiger partial charge in [0.05, 0.1) is 19.0 Å². The Morgan fingerprint density at radius 2 is 2.06 bits per heavy atom. The van der Waals surface area contributed by atoms with Gasteiger partial charge in [-0.3, -0.25) is 4.79 Å². The monoisotopic (exact) mass is 243 g/mol. The van der Waals surface area contributed by atoms with E-state index in [1.165, 1.54) is 6.20 Å². The van der Waals surface area contributed by atoms with Crippen molar-refractivity contribution >= 4 is 11.0 Å². The predicted molar refractivity (Wildman–Crippen MR) is 63.8 cm³/mol. The number of hydrogen-bond acceptors (Lipinski definition) is 5. The van der Waals surface area contributed by atoms with Crippen LogP contribution in [0.3, 0.4) is 0 Å². The maximum atomic E-state index is 11.5. The van der Waals surface area contributed by atoms with Crippen molar-refractivity contribution in [2.24, 2.45) is 0 Å². The minimum Gasteiger partial charge on any atom is -0.497 e. The Morgan fingerprint density at radius 3 is 2.78 bits per heavy atom. The lowest BCUT2D eigenvalue weighted by Gasteiger charge is -2.03. The van der Waals surface area contributed by atoms with Crippen LogP contribution in [0.5, 0.6) is 5.75 Å². The number of H-pyrrole nitrogens is 1. The molecule has 3 rings (SSSR count). The number of nitrogens with one attached hydrogen (secondary N) is 1. The standard InChI is InChI=1S/C11H9N5O2/c1-18-8-4-2-7(3-5-8)16-10-9(6-12-16)11(17)14-15-13-10/h2-6H,1H3,(H,13,14,17). The highest BCUT2D eigenvalue weighted by Gasteiger charge is 2.09. The van der Waals surface area contributed by atoms with Crippen LogP contribution in [0.25, 0.3) is 16.7 Å². The summed E-state index contributed by atoms with van der Waals surface area (Å²) in [6.07, 6.45) is 1.47. The first-order valence-corrected chi connectivity index (χ1v) is 5.23. The van der Waals surface area contributed by atoms with Crippen molar-refractivity contribution in [1.82, 2.24) is 25.2 Å². The van der Waals surface area contributed by atoms with Gasteiger partial charge in [-0.2, -0.15) is 5.10 Å². The van der Waals surface area contributed by atoms with Gasteiger partial charge in [0.1, 0.15) is 11.1 Å². The third kappa shape index (κ3) is 1.53. The van der Waals surface area contributed by atoms with Crippen molar-refractivity contribution in [2.45, 2.75) is 0 Å². The van der Waals surface area contributed by atoms with E-state index in [1.54, 1.807) is 11.8 Å². The maximum Gasteiger partial charge on any atom is 0.278 e. The molecule has 1 N–H and O–H groups in total. The van der Waals surface area contributed by atoms with E-state index in [-0.39, 0.29) is 5.56 Å². The second-order valence-electron chi connectivity index (χ2n) is 3.63. The van der Waals surface area contributed by atoms with Gasteiger partial charge in [0, 0.05) is 0 Å². The molecule has 0 aliphatic heterocycles. The van der Waals surface area contributed by atoms with Crippen molar-refractivity contribution in [3.05, 3.63) is 40.8 Å². The summed E-state index contributed by atoms with van der Waals surface area (Å²) in [4.78, 5) is 11.5. The largest absolute Gasteiger partial charge is 0.497 e. The Hall–Kier alpha value is -2.70. The lowest BCUT2D eigenvalue weighted by atomic mass is 10.3. The van der Waals surface area contributed by atoms with Crippen LogP contribution in [0.1, 0.15) is 0 Å². The molecule has 90 valence electrons. The molecule has 0 radical (unpaired) electrons. The molecule has 0 bridgehead atoms. The van der Waals surface area contributed by atoms with E-state index in [0.717, 1.165) is 11.4 Å². The number of rotatable bonds is 2. The molecule has 0 unspecified atom stereocenters. The molecule has 0 aliphatic carbocycles. The number of hydrogen-bond donors (Lipinski definition) is 1. The Labute approximate surface area is 101 Å². The van der Waals surface area contributed by atoms with E-state index < -0.39 is 0 Å². The van der Waals surface area contributed by atoms with Crippen LogP contribution in [0.2, 0.25) is 0 Å². The molecule has 7 heteroatoms. The van der Waals surface area contributed by atoms with Crippen molar-refractivity contribution in [2.75, 3.05) is 7.11 Å². The van der Waals surface area contributed by atoms with Crippen LogP contribution in [0.15, 0.2) is 35.3 Å². The molecule has 2 heterocycles. The highest BCUT2D eigenvalue weighted by molar-refractivity contribution is 5.74. The van der Waals surface area contributed by atoms with Crippen molar-refractivity contribution < 1.29 is 4.74 Å². The van der Waals surface area contributed by atoms with E-state index in [2.05, 4.69) is 20.5 Å². The van der Waals surface area contributed by atoms with Crippen molar-refractivity contribution in [1.29, 1.82) is 0 Å². The maximum absolute atomic E-state index is 11.5. The normalized spacial score (nSPS) is 10.7. The Kier molecular flexibility index (Phi) is 2.30. The number of ether oxygens (including phenoxy) is 1. The van der Waals surface area contributed by atoms with E-state index >= 15 is 0 Å². The highest BCUT2D eigenvalue weighted by atomic mass is 16.5. The molecule has 0 spiro atoms. The van der Waals surface area contributed by atoms with Crippen LogP contribution in [0, 0.1) is 0 Å². The third-order valence-corrected chi connectivity index (χ3v) is 2.60. The van der Waals surface area contributed by atoms with Gasteiger partial charge in [0.25, 0.3) is 5.56 Å². The fourth-order valence-electron chi connectivity index (χ4n) is 1.69. The molecule has 0 saturated carbocycles. The second-order valence-corrected chi connectivity index (χ2v) is 3.63. The van der Waals surface area contributed by atoms with Gasteiger partial charge in [-0.1, -0.05) is 5.21 Å². The van der Waals surface area contributed by atoms with E-state index in [9.17, 15) is 4.79 Å². The summed E-state index contributed by atoms with van der Waals surface area (Å²) in [5.74, 6) is 0.749. The second kappa shape index (κ2) is 3.95. The molecule has 18 heavy (non-hydrogen) atoms. The number of nitrogens with zero attached hydrogens (tertiary/aromatic N) is 4. The molecule has 0 fully saturated rings. The molecule has 0 amide bonds. The smallest absolute Gasteiger partial charge is 0.278 e. The fourth-order valence-corrected chi connectivity index (χ4v) is 1.69. The number of aromatic amines is 1. The molecule has 0 aliphatic rings. The van der Waals surface area contributed by atoms with Crippen molar-refractivity contribution in [3.8, 4) is 11.4 Å². The number of fused-ring (bicyclic) bond motifs is 1. The van der Waals surface area contributed by atoms with Gasteiger partial charge in [0.2, 0.25) is 0 Å². The molecular weight excluding hydrogens is 234 g/mol. The SMILES string of the molecule is COc1ccc(-n2ncc3c(=O)[nH]nnc32)cc1. The van der Waals surface area contributed by atoms with Gasteiger partial charge in [-0.25, -0.2) is 9.78 Å². The molecular formula is C11H9N5O2. The van der Waals surface area contributed by atoms with Crippen molar-refractivity contribution in [3.63, 3.8) is 0 Å². The molecule has 2 aromatic heterocycles. The lowest BCUT2D eigenvalue weighted by molar-refractivity contribution is 0.414. The van der Waals surface area contributed by atoms with Gasteiger partial charge in [0.15, 0.2) is 5.65 Å². The summed E-state index contributed by atoms with van der Waals surface area (Å²) >= 11 is 0. The molecule has 0 atom stereocenters. The zero-order valence-corrected chi connectivity index (χ0v) is 9.49. The summed E-state index contributed by atoms with van der Waals surface area (Å²) < 4.78 is 6.63. The van der Waals surface area contributed by atoms with Gasteiger partial charge in [-0.15, -0.1) is 5.10 Å². The average Bonchev–Trinajstić information content (AvgIpc) is 2.84. The molecule has 7 nitrogen and oxygen atoms in total. The minimum atomic E-state index is -0.306.